The molecule has 0 unspecified atom stereocenters. The van der Waals surface area contributed by atoms with Gasteiger partial charge in [-0.2, -0.15) is 0 Å². The second kappa shape index (κ2) is 5.07. The molecule has 0 atom stereocenters. The Labute approximate surface area is 123 Å². The number of rotatable bonds is 2. The van der Waals surface area contributed by atoms with Crippen LogP contribution in [-0.4, -0.2) is 32.0 Å². The van der Waals surface area contributed by atoms with Crippen molar-refractivity contribution in [2.75, 3.05) is 12.9 Å². The molecule has 20 heavy (non-hydrogen) atoms. The lowest BCUT2D eigenvalue weighted by atomic mass is 10.1. The lowest BCUT2D eigenvalue weighted by Gasteiger charge is -2.30. The molecule has 6 heteroatoms. The molecule has 1 heterocycles. The minimum absolute atomic E-state index is 0.0732. The van der Waals surface area contributed by atoms with Crippen molar-refractivity contribution in [1.82, 2.24) is 0 Å². The lowest BCUT2D eigenvalue weighted by Crippen LogP contribution is -2.31. The summed E-state index contributed by atoms with van der Waals surface area (Å²) in [7, 11) is -2.07. The van der Waals surface area contributed by atoms with E-state index in [1.165, 1.54) is 13.2 Å². The van der Waals surface area contributed by atoms with Gasteiger partial charge < -0.3 is 4.74 Å². The van der Waals surface area contributed by atoms with Crippen molar-refractivity contribution in [2.24, 2.45) is 0 Å². The first-order valence-corrected chi connectivity index (χ1v) is 8.84. The van der Waals surface area contributed by atoms with Crippen LogP contribution in [0.3, 0.4) is 0 Å². The Kier molecular flexibility index (Phi) is 3.90. The summed E-state index contributed by atoms with van der Waals surface area (Å²) >= 11 is 1.54. The predicted molar refractivity (Wildman–Crippen MR) is 79.1 cm³/mol. The third-order valence-corrected chi connectivity index (χ3v) is 6.89. The zero-order valence-electron chi connectivity index (χ0n) is 12.0. The average Bonchev–Trinajstić information content (AvgIpc) is 2.34. The topological polar surface area (TPSA) is 60.4 Å². The molecule has 1 aromatic carbocycles. The van der Waals surface area contributed by atoms with E-state index < -0.39 is 15.8 Å². The van der Waals surface area contributed by atoms with Crippen LogP contribution < -0.4 is 0 Å². The number of thioether (sulfide) groups is 1. The number of carbonyl (C=O) groups excluding carboxylic acids is 1. The van der Waals surface area contributed by atoms with E-state index in [4.69, 9.17) is 4.74 Å². The third kappa shape index (κ3) is 2.72. The van der Waals surface area contributed by atoms with Crippen molar-refractivity contribution in [3.63, 3.8) is 0 Å². The standard InChI is InChI=1S/C14H18O4S2/c1-5-9-6-11-12(7-10(9)13(15)18-4)20(16,17)8-14(2,3)19-11/h6-7H,5,8H2,1-4H3. The van der Waals surface area contributed by atoms with Crippen LogP contribution in [0.2, 0.25) is 0 Å². The van der Waals surface area contributed by atoms with Crippen LogP contribution in [0.4, 0.5) is 0 Å². The number of methoxy groups -OCH3 is 1. The molecule has 0 radical (unpaired) electrons. The summed E-state index contributed by atoms with van der Waals surface area (Å²) in [5.41, 5.74) is 1.16. The number of esters is 1. The van der Waals surface area contributed by atoms with E-state index in [1.54, 1.807) is 11.8 Å². The monoisotopic (exact) mass is 314 g/mol. The highest BCUT2D eigenvalue weighted by Gasteiger charge is 2.37. The molecular formula is C14H18O4S2. The number of carbonyl (C=O) groups is 1. The van der Waals surface area contributed by atoms with Gasteiger partial charge in [-0.3, -0.25) is 0 Å². The molecule has 1 aromatic rings. The second-order valence-electron chi connectivity index (χ2n) is 5.42. The molecule has 0 amide bonds. The van der Waals surface area contributed by atoms with Gasteiger partial charge in [0.05, 0.1) is 23.3 Å². The molecule has 0 aromatic heterocycles. The summed E-state index contributed by atoms with van der Waals surface area (Å²) < 4.78 is 29.2. The first-order chi connectivity index (χ1) is 9.20. The van der Waals surface area contributed by atoms with Crippen molar-refractivity contribution in [3.05, 3.63) is 23.3 Å². The van der Waals surface area contributed by atoms with E-state index in [2.05, 4.69) is 0 Å². The zero-order valence-corrected chi connectivity index (χ0v) is 13.7. The number of hydrogen-bond donors (Lipinski definition) is 0. The highest BCUT2D eigenvalue weighted by molar-refractivity contribution is 8.04. The molecular weight excluding hydrogens is 296 g/mol. The highest BCUT2D eigenvalue weighted by Crippen LogP contribution is 2.44. The Hall–Kier alpha value is -1.01. The van der Waals surface area contributed by atoms with Crippen LogP contribution in [0.1, 0.15) is 36.7 Å². The summed E-state index contributed by atoms with van der Waals surface area (Å²) in [6.45, 7) is 5.76. The van der Waals surface area contributed by atoms with Crippen LogP contribution in [0.5, 0.6) is 0 Å². The molecule has 0 saturated heterocycles. The smallest absolute Gasteiger partial charge is 0.338 e. The summed E-state index contributed by atoms with van der Waals surface area (Å²) in [6.07, 6.45) is 0.652. The maximum Gasteiger partial charge on any atom is 0.338 e. The lowest BCUT2D eigenvalue weighted by molar-refractivity contribution is 0.0599. The number of aryl methyl sites for hydroxylation is 1. The van der Waals surface area contributed by atoms with Crippen molar-refractivity contribution in [3.8, 4) is 0 Å². The van der Waals surface area contributed by atoms with Crippen LogP contribution in [0, 0.1) is 0 Å². The quantitative estimate of drug-likeness (QED) is 0.786. The Bertz CT molecular complexity index is 660. The van der Waals surface area contributed by atoms with Crippen molar-refractivity contribution >= 4 is 27.6 Å². The fourth-order valence-corrected chi connectivity index (χ4v) is 6.28. The molecule has 0 aliphatic carbocycles. The molecule has 0 bridgehead atoms. The molecule has 2 rings (SSSR count). The fraction of sp³-hybridized carbons (Fsp3) is 0.500. The molecule has 4 nitrogen and oxygen atoms in total. The van der Waals surface area contributed by atoms with Crippen molar-refractivity contribution in [2.45, 2.75) is 41.7 Å². The summed E-state index contributed by atoms with van der Waals surface area (Å²) in [6, 6.07) is 3.28. The molecule has 0 spiro atoms. The van der Waals surface area contributed by atoms with Gasteiger partial charge in [0.1, 0.15) is 0 Å². The van der Waals surface area contributed by atoms with Crippen molar-refractivity contribution in [1.29, 1.82) is 0 Å². The molecule has 0 fully saturated rings. The molecule has 1 aliphatic rings. The highest BCUT2D eigenvalue weighted by atomic mass is 32.2. The molecule has 1 aliphatic heterocycles. The number of ether oxygens (including phenoxy) is 1. The summed E-state index contributed by atoms with van der Waals surface area (Å²) in [5.74, 6) is -0.418. The summed E-state index contributed by atoms with van der Waals surface area (Å²) in [5, 5.41) is 0. The normalized spacial score (nSPS) is 19.2. The first kappa shape index (κ1) is 15.4. The Morgan fingerprint density at radius 3 is 2.60 bits per heavy atom. The van der Waals surface area contributed by atoms with Crippen LogP contribution in [-0.2, 0) is 21.0 Å². The Balaban J connectivity index is 2.69. The van der Waals surface area contributed by atoms with Gasteiger partial charge in [0.25, 0.3) is 0 Å². The minimum atomic E-state index is -3.37. The van der Waals surface area contributed by atoms with Gasteiger partial charge in [-0.15, -0.1) is 11.8 Å². The van der Waals surface area contributed by atoms with Gasteiger partial charge in [-0.1, -0.05) is 6.92 Å². The van der Waals surface area contributed by atoms with E-state index in [-0.39, 0.29) is 15.4 Å². The van der Waals surface area contributed by atoms with Crippen LogP contribution in [0.25, 0.3) is 0 Å². The average molecular weight is 314 g/mol. The zero-order chi connectivity index (χ0) is 15.1. The number of sulfone groups is 1. The number of benzene rings is 1. The molecule has 0 N–H and O–H groups in total. The van der Waals surface area contributed by atoms with E-state index >= 15 is 0 Å². The van der Waals surface area contributed by atoms with Crippen molar-refractivity contribution < 1.29 is 17.9 Å². The van der Waals surface area contributed by atoms with E-state index in [9.17, 15) is 13.2 Å². The van der Waals surface area contributed by atoms with E-state index in [1.807, 2.05) is 26.8 Å². The second-order valence-corrected chi connectivity index (χ2v) is 9.13. The van der Waals surface area contributed by atoms with Gasteiger partial charge in [0.2, 0.25) is 0 Å². The van der Waals surface area contributed by atoms with Gasteiger partial charge in [0.15, 0.2) is 9.84 Å². The molecule has 0 saturated carbocycles. The first-order valence-electron chi connectivity index (χ1n) is 6.37. The maximum absolute atomic E-state index is 12.4. The van der Waals surface area contributed by atoms with E-state index in [0.29, 0.717) is 12.0 Å². The SMILES string of the molecule is CCc1cc2c(cc1C(=O)OC)S(=O)(=O)CC(C)(C)S2. The summed E-state index contributed by atoms with van der Waals surface area (Å²) in [4.78, 5) is 12.8. The predicted octanol–water partition coefficient (Wildman–Crippen LogP) is 2.69. The Morgan fingerprint density at radius 1 is 1.40 bits per heavy atom. The number of fused-ring (bicyclic) bond motifs is 1. The van der Waals surface area contributed by atoms with Gasteiger partial charge in [-0.05, 0) is 38.0 Å². The largest absolute Gasteiger partial charge is 0.465 e. The number of hydrogen-bond acceptors (Lipinski definition) is 5. The Morgan fingerprint density at radius 2 is 2.05 bits per heavy atom. The third-order valence-electron chi connectivity index (χ3n) is 3.21. The maximum atomic E-state index is 12.4. The van der Waals surface area contributed by atoms with Gasteiger partial charge in [0, 0.05) is 9.64 Å². The fourth-order valence-electron chi connectivity index (χ4n) is 2.38. The van der Waals surface area contributed by atoms with Crippen LogP contribution in [0.15, 0.2) is 21.9 Å². The minimum Gasteiger partial charge on any atom is -0.465 e. The van der Waals surface area contributed by atoms with Gasteiger partial charge >= 0.3 is 5.97 Å². The van der Waals surface area contributed by atoms with Gasteiger partial charge in [-0.25, -0.2) is 13.2 Å². The van der Waals surface area contributed by atoms with E-state index in [0.717, 1.165) is 10.5 Å². The van der Waals surface area contributed by atoms with Crippen LogP contribution >= 0.6 is 11.8 Å². The molecule has 110 valence electrons.